The highest BCUT2D eigenvalue weighted by Crippen LogP contribution is 2.13. The van der Waals surface area contributed by atoms with Crippen LogP contribution in [0.2, 0.25) is 0 Å². The average molecular weight is 398 g/mol. The van der Waals surface area contributed by atoms with Gasteiger partial charge in [-0.3, -0.25) is 9.59 Å². The van der Waals surface area contributed by atoms with Crippen molar-refractivity contribution < 1.29 is 9.59 Å². The normalized spacial score (nSPS) is 10.7. The summed E-state index contributed by atoms with van der Waals surface area (Å²) in [4.78, 5) is 28.9. The maximum Gasteiger partial charge on any atom is 0.255 e. The minimum absolute atomic E-state index is 0.133. The van der Waals surface area contributed by atoms with E-state index in [2.05, 4.69) is 20.2 Å². The number of carbonyl (C=O) groups excluding carboxylic acids is 2. The highest BCUT2D eigenvalue weighted by Gasteiger charge is 2.08. The number of para-hydroxylation sites is 2. The van der Waals surface area contributed by atoms with Gasteiger partial charge in [-0.1, -0.05) is 30.3 Å². The third kappa shape index (κ3) is 4.55. The number of anilines is 1. The number of hydrogen-bond donors (Lipinski definition) is 2. The Bertz CT molecular complexity index is 1150. The fourth-order valence-corrected chi connectivity index (χ4v) is 3.24. The number of benzene rings is 3. The number of hydrogen-bond acceptors (Lipinski definition) is 3. The van der Waals surface area contributed by atoms with Gasteiger partial charge in [-0.25, -0.2) is 4.98 Å². The summed E-state index contributed by atoms with van der Waals surface area (Å²) < 4.78 is 2.09. The molecule has 0 aliphatic heterocycles. The van der Waals surface area contributed by atoms with Gasteiger partial charge in [-0.2, -0.15) is 0 Å². The lowest BCUT2D eigenvalue weighted by atomic mass is 10.1. The molecule has 0 unspecified atom stereocenters. The average Bonchev–Trinajstić information content (AvgIpc) is 3.21. The van der Waals surface area contributed by atoms with Crippen molar-refractivity contribution >= 4 is 28.5 Å². The van der Waals surface area contributed by atoms with E-state index in [-0.39, 0.29) is 11.8 Å². The molecule has 0 atom stereocenters. The van der Waals surface area contributed by atoms with E-state index in [4.69, 9.17) is 0 Å². The molecule has 0 fully saturated rings. The van der Waals surface area contributed by atoms with Crippen molar-refractivity contribution in [2.24, 2.45) is 0 Å². The van der Waals surface area contributed by atoms with Gasteiger partial charge in [0.2, 0.25) is 0 Å². The van der Waals surface area contributed by atoms with Gasteiger partial charge < -0.3 is 15.2 Å². The van der Waals surface area contributed by atoms with E-state index in [1.807, 2.05) is 48.8 Å². The Morgan fingerprint density at radius 1 is 0.800 bits per heavy atom. The highest BCUT2D eigenvalue weighted by molar-refractivity contribution is 6.04. The van der Waals surface area contributed by atoms with E-state index in [1.165, 1.54) is 0 Å². The lowest BCUT2D eigenvalue weighted by molar-refractivity contribution is 0.0952. The minimum Gasteiger partial charge on any atom is -0.352 e. The molecule has 2 N–H and O–H groups in total. The molecular formula is C24H22N4O2. The number of nitrogens with one attached hydrogen (secondary N) is 2. The maximum atomic E-state index is 12.4. The van der Waals surface area contributed by atoms with E-state index in [1.54, 1.807) is 36.4 Å². The zero-order valence-electron chi connectivity index (χ0n) is 16.4. The van der Waals surface area contributed by atoms with Gasteiger partial charge >= 0.3 is 0 Å². The Balaban J connectivity index is 1.26. The van der Waals surface area contributed by atoms with Crippen molar-refractivity contribution in [3.05, 3.63) is 96.3 Å². The summed E-state index contributed by atoms with van der Waals surface area (Å²) in [6.07, 6.45) is 2.63. The molecule has 0 spiro atoms. The van der Waals surface area contributed by atoms with E-state index >= 15 is 0 Å². The Morgan fingerprint density at radius 2 is 1.50 bits per heavy atom. The zero-order valence-corrected chi connectivity index (χ0v) is 16.4. The smallest absolute Gasteiger partial charge is 0.255 e. The number of aromatic nitrogens is 2. The van der Waals surface area contributed by atoms with Gasteiger partial charge in [0, 0.05) is 29.9 Å². The first-order valence-electron chi connectivity index (χ1n) is 9.85. The lowest BCUT2D eigenvalue weighted by Gasteiger charge is -2.08. The van der Waals surface area contributed by atoms with Crippen LogP contribution in [-0.4, -0.2) is 27.9 Å². The summed E-state index contributed by atoms with van der Waals surface area (Å²) in [5, 5.41) is 5.76. The third-order valence-electron chi connectivity index (χ3n) is 4.83. The Labute approximate surface area is 174 Å². The second-order valence-electron chi connectivity index (χ2n) is 6.93. The van der Waals surface area contributed by atoms with Crippen molar-refractivity contribution in [3.63, 3.8) is 0 Å². The van der Waals surface area contributed by atoms with Crippen LogP contribution in [0.5, 0.6) is 0 Å². The van der Waals surface area contributed by atoms with Crippen LogP contribution < -0.4 is 10.6 Å². The molecule has 0 bridgehead atoms. The van der Waals surface area contributed by atoms with Gasteiger partial charge in [0.1, 0.15) is 0 Å². The van der Waals surface area contributed by atoms with E-state index < -0.39 is 0 Å². The molecular weight excluding hydrogens is 376 g/mol. The van der Waals surface area contributed by atoms with E-state index in [0.717, 1.165) is 24.0 Å². The maximum absolute atomic E-state index is 12.4. The minimum atomic E-state index is -0.181. The highest BCUT2D eigenvalue weighted by atomic mass is 16.2. The first-order chi connectivity index (χ1) is 14.7. The van der Waals surface area contributed by atoms with Gasteiger partial charge in [0.25, 0.3) is 11.8 Å². The molecule has 30 heavy (non-hydrogen) atoms. The number of nitrogens with zero attached hydrogens (tertiary/aromatic N) is 2. The molecule has 6 nitrogen and oxygen atoms in total. The van der Waals surface area contributed by atoms with Crippen LogP contribution in [0.3, 0.4) is 0 Å². The molecule has 2 amide bonds. The fourth-order valence-electron chi connectivity index (χ4n) is 3.24. The Kier molecular flexibility index (Phi) is 5.85. The van der Waals surface area contributed by atoms with Crippen molar-refractivity contribution in [1.82, 2.24) is 14.9 Å². The largest absolute Gasteiger partial charge is 0.352 e. The summed E-state index contributed by atoms with van der Waals surface area (Å²) in [6, 6.07) is 23.9. The summed E-state index contributed by atoms with van der Waals surface area (Å²) in [7, 11) is 0. The van der Waals surface area contributed by atoms with Crippen molar-refractivity contribution in [2.45, 2.75) is 13.0 Å². The van der Waals surface area contributed by atoms with Crippen LogP contribution in [-0.2, 0) is 6.54 Å². The monoisotopic (exact) mass is 398 g/mol. The summed E-state index contributed by atoms with van der Waals surface area (Å²) in [5.41, 5.74) is 3.86. The quantitative estimate of drug-likeness (QED) is 0.460. The SMILES string of the molecule is O=C(NCCCn1cnc2ccccc21)c1ccc(NC(=O)c2ccccc2)cc1. The molecule has 0 aliphatic carbocycles. The molecule has 0 radical (unpaired) electrons. The van der Waals surface area contributed by atoms with Crippen LogP contribution >= 0.6 is 0 Å². The van der Waals surface area contributed by atoms with Crippen LogP contribution in [0.4, 0.5) is 5.69 Å². The Hall–Kier alpha value is -3.93. The number of fused-ring (bicyclic) bond motifs is 1. The van der Waals surface area contributed by atoms with Gasteiger partial charge in [0.15, 0.2) is 0 Å². The number of carbonyl (C=O) groups is 2. The van der Waals surface area contributed by atoms with Crippen LogP contribution in [0, 0.1) is 0 Å². The molecule has 4 rings (SSSR count). The molecule has 4 aromatic rings. The van der Waals surface area contributed by atoms with Crippen LogP contribution in [0.15, 0.2) is 85.2 Å². The van der Waals surface area contributed by atoms with Crippen LogP contribution in [0.1, 0.15) is 27.1 Å². The fraction of sp³-hybridized carbons (Fsp3) is 0.125. The van der Waals surface area contributed by atoms with Gasteiger partial charge in [0.05, 0.1) is 17.4 Å². The third-order valence-corrected chi connectivity index (χ3v) is 4.83. The standard InChI is InChI=1S/C24H22N4O2/c29-23(25-15-6-16-28-17-26-21-9-4-5-10-22(21)28)19-11-13-20(14-12-19)27-24(30)18-7-2-1-3-8-18/h1-5,7-14,17H,6,15-16H2,(H,25,29)(H,27,30). The molecule has 0 saturated carbocycles. The Morgan fingerprint density at radius 3 is 2.30 bits per heavy atom. The number of rotatable bonds is 7. The van der Waals surface area contributed by atoms with Crippen molar-refractivity contribution in [2.75, 3.05) is 11.9 Å². The van der Waals surface area contributed by atoms with E-state index in [9.17, 15) is 9.59 Å². The second-order valence-corrected chi connectivity index (χ2v) is 6.93. The molecule has 1 heterocycles. The number of amides is 2. The topological polar surface area (TPSA) is 76.0 Å². The summed E-state index contributed by atoms with van der Waals surface area (Å²) >= 11 is 0. The van der Waals surface area contributed by atoms with Gasteiger partial charge in [-0.15, -0.1) is 0 Å². The summed E-state index contributed by atoms with van der Waals surface area (Å²) in [6.45, 7) is 1.35. The zero-order chi connectivity index (χ0) is 20.8. The molecule has 150 valence electrons. The predicted octanol–water partition coefficient (Wildman–Crippen LogP) is 4.11. The molecule has 0 saturated heterocycles. The molecule has 0 aliphatic rings. The summed E-state index contributed by atoms with van der Waals surface area (Å²) in [5.74, 6) is -0.314. The lowest BCUT2D eigenvalue weighted by Crippen LogP contribution is -2.25. The second kappa shape index (κ2) is 9.05. The molecule has 6 heteroatoms. The van der Waals surface area contributed by atoms with Crippen molar-refractivity contribution in [1.29, 1.82) is 0 Å². The number of imidazole rings is 1. The number of aryl methyl sites for hydroxylation is 1. The van der Waals surface area contributed by atoms with E-state index in [0.29, 0.717) is 23.4 Å². The molecule has 3 aromatic carbocycles. The predicted molar refractivity (Wildman–Crippen MR) is 118 cm³/mol. The first kappa shape index (κ1) is 19.4. The van der Waals surface area contributed by atoms with Gasteiger partial charge in [-0.05, 0) is 55.0 Å². The first-order valence-corrected chi connectivity index (χ1v) is 9.85. The van der Waals surface area contributed by atoms with Crippen molar-refractivity contribution in [3.8, 4) is 0 Å². The molecule has 1 aromatic heterocycles. The van der Waals surface area contributed by atoms with Crippen LogP contribution in [0.25, 0.3) is 11.0 Å².